The van der Waals surface area contributed by atoms with Gasteiger partial charge in [0.1, 0.15) is 4.90 Å². The summed E-state index contributed by atoms with van der Waals surface area (Å²) in [5.41, 5.74) is 2.30. The van der Waals surface area contributed by atoms with Crippen LogP contribution in [0.2, 0.25) is 0 Å². The maximum atomic E-state index is 13.2. The molecule has 0 aliphatic rings. The van der Waals surface area contributed by atoms with Crippen molar-refractivity contribution in [3.8, 4) is 17.3 Å². The molecule has 0 bridgehead atoms. The molecule has 0 atom stereocenters. The quantitative estimate of drug-likeness (QED) is 0.558. The second-order valence-electron chi connectivity index (χ2n) is 6.17. The van der Waals surface area contributed by atoms with Crippen LogP contribution in [-0.4, -0.2) is 14.5 Å². The Labute approximate surface area is 161 Å². The lowest BCUT2D eigenvalue weighted by Gasteiger charge is -2.12. The lowest BCUT2D eigenvalue weighted by atomic mass is 10.2. The van der Waals surface area contributed by atoms with Crippen LogP contribution in [0.3, 0.4) is 0 Å². The van der Waals surface area contributed by atoms with E-state index in [4.69, 9.17) is 0 Å². The van der Waals surface area contributed by atoms with Crippen LogP contribution >= 0.6 is 11.8 Å². The van der Waals surface area contributed by atoms with Crippen molar-refractivity contribution in [2.24, 2.45) is 0 Å². The summed E-state index contributed by atoms with van der Waals surface area (Å²) in [6.45, 7) is 2.01. The van der Waals surface area contributed by atoms with Gasteiger partial charge in [0.15, 0.2) is 0 Å². The lowest BCUT2D eigenvalue weighted by molar-refractivity contribution is 0.416. The van der Waals surface area contributed by atoms with Gasteiger partial charge in [0.25, 0.3) is 5.56 Å². The maximum absolute atomic E-state index is 13.2. The van der Waals surface area contributed by atoms with E-state index in [-0.39, 0.29) is 11.4 Å². The van der Waals surface area contributed by atoms with Gasteiger partial charge in [-0.05, 0) is 43.3 Å². The molecular formula is C22H18N2O2S. The zero-order valence-corrected chi connectivity index (χ0v) is 15.6. The van der Waals surface area contributed by atoms with E-state index in [1.54, 1.807) is 4.68 Å². The standard InChI is InChI=1S/C22H18N2O2S/c1-16-12-14-19(15-13-16)27-20-21(25)23(17-8-4-2-5-9-17)24(22(20)26)18-10-6-3-7-11-18/h2-15,25H,1H3. The Hall–Kier alpha value is -3.18. The fourth-order valence-corrected chi connectivity index (χ4v) is 3.76. The average Bonchev–Trinajstić information content (AvgIpc) is 2.95. The summed E-state index contributed by atoms with van der Waals surface area (Å²) in [4.78, 5) is 14.4. The summed E-state index contributed by atoms with van der Waals surface area (Å²) in [6, 6.07) is 26.6. The third-order valence-electron chi connectivity index (χ3n) is 4.23. The first-order valence-corrected chi connectivity index (χ1v) is 9.39. The number of hydrogen-bond acceptors (Lipinski definition) is 3. The van der Waals surface area contributed by atoms with E-state index in [0.717, 1.165) is 10.5 Å². The largest absolute Gasteiger partial charge is 0.492 e. The summed E-state index contributed by atoms with van der Waals surface area (Å²) in [5.74, 6) is -0.0689. The van der Waals surface area contributed by atoms with Gasteiger partial charge in [-0.2, -0.15) is 0 Å². The molecule has 4 nitrogen and oxygen atoms in total. The Morgan fingerprint density at radius 1 is 0.741 bits per heavy atom. The number of hydrogen-bond donors (Lipinski definition) is 1. The fraction of sp³-hybridized carbons (Fsp3) is 0.0455. The molecule has 1 N–H and O–H groups in total. The molecule has 0 amide bonds. The van der Waals surface area contributed by atoms with Crippen molar-refractivity contribution in [1.82, 2.24) is 9.36 Å². The van der Waals surface area contributed by atoms with Gasteiger partial charge < -0.3 is 5.11 Å². The number of nitrogens with zero attached hydrogens (tertiary/aromatic N) is 2. The first kappa shape index (κ1) is 17.2. The Morgan fingerprint density at radius 2 is 1.26 bits per heavy atom. The first-order chi connectivity index (χ1) is 13.1. The molecular weight excluding hydrogens is 356 g/mol. The van der Waals surface area contributed by atoms with Crippen LogP contribution in [0.5, 0.6) is 5.88 Å². The maximum Gasteiger partial charge on any atom is 0.289 e. The Balaban J connectivity index is 1.92. The normalized spacial score (nSPS) is 10.9. The van der Waals surface area contributed by atoms with Gasteiger partial charge in [-0.25, -0.2) is 9.36 Å². The summed E-state index contributed by atoms with van der Waals surface area (Å²) in [7, 11) is 0. The van der Waals surface area contributed by atoms with E-state index in [9.17, 15) is 9.90 Å². The molecule has 0 radical (unpaired) electrons. The molecule has 0 unspecified atom stereocenters. The van der Waals surface area contributed by atoms with Crippen molar-refractivity contribution < 1.29 is 5.11 Å². The molecule has 5 heteroatoms. The molecule has 0 saturated heterocycles. The van der Waals surface area contributed by atoms with Crippen LogP contribution in [0.25, 0.3) is 11.4 Å². The predicted molar refractivity (Wildman–Crippen MR) is 108 cm³/mol. The van der Waals surface area contributed by atoms with Gasteiger partial charge >= 0.3 is 0 Å². The van der Waals surface area contributed by atoms with Crippen LogP contribution in [0.15, 0.2) is 99.5 Å². The van der Waals surface area contributed by atoms with Gasteiger partial charge in [0.05, 0.1) is 11.4 Å². The smallest absolute Gasteiger partial charge is 0.289 e. The van der Waals surface area contributed by atoms with Crippen molar-refractivity contribution in [3.05, 3.63) is 101 Å². The zero-order valence-electron chi connectivity index (χ0n) is 14.7. The minimum absolute atomic E-state index is 0.0689. The molecule has 4 rings (SSSR count). The van der Waals surface area contributed by atoms with E-state index in [1.165, 1.54) is 16.4 Å². The molecule has 0 saturated carbocycles. The number of benzene rings is 3. The minimum Gasteiger partial charge on any atom is -0.492 e. The van der Waals surface area contributed by atoms with E-state index >= 15 is 0 Å². The van der Waals surface area contributed by atoms with E-state index in [1.807, 2.05) is 91.9 Å². The highest BCUT2D eigenvalue weighted by Crippen LogP contribution is 2.34. The summed E-state index contributed by atoms with van der Waals surface area (Å²) >= 11 is 1.27. The molecule has 4 aromatic rings. The van der Waals surface area contributed by atoms with Crippen LogP contribution < -0.4 is 5.56 Å². The Bertz CT molecular complexity index is 1110. The van der Waals surface area contributed by atoms with Crippen LogP contribution in [0.1, 0.15) is 5.56 Å². The number of aromatic nitrogens is 2. The zero-order chi connectivity index (χ0) is 18.8. The molecule has 1 heterocycles. The molecule has 0 aliphatic heterocycles. The summed E-state index contributed by atoms with van der Waals surface area (Å²) in [6.07, 6.45) is 0. The van der Waals surface area contributed by atoms with Crippen molar-refractivity contribution >= 4 is 11.8 Å². The lowest BCUT2D eigenvalue weighted by Crippen LogP contribution is -2.20. The van der Waals surface area contributed by atoms with Gasteiger partial charge in [-0.15, -0.1) is 0 Å². The molecule has 1 aromatic heterocycles. The van der Waals surface area contributed by atoms with Gasteiger partial charge in [0.2, 0.25) is 5.88 Å². The third-order valence-corrected chi connectivity index (χ3v) is 5.30. The fourth-order valence-electron chi connectivity index (χ4n) is 2.90. The van der Waals surface area contributed by atoms with Crippen LogP contribution in [0.4, 0.5) is 0 Å². The molecule has 27 heavy (non-hydrogen) atoms. The molecule has 0 fully saturated rings. The van der Waals surface area contributed by atoms with Gasteiger partial charge in [-0.3, -0.25) is 4.79 Å². The molecule has 3 aromatic carbocycles. The highest BCUT2D eigenvalue weighted by molar-refractivity contribution is 7.99. The monoisotopic (exact) mass is 374 g/mol. The van der Waals surface area contributed by atoms with E-state index < -0.39 is 0 Å². The second kappa shape index (κ2) is 7.21. The van der Waals surface area contributed by atoms with Crippen molar-refractivity contribution in [2.45, 2.75) is 16.7 Å². The molecule has 0 aliphatic carbocycles. The summed E-state index contributed by atoms with van der Waals surface area (Å²) in [5, 5.41) is 10.9. The first-order valence-electron chi connectivity index (χ1n) is 8.57. The van der Waals surface area contributed by atoms with Crippen molar-refractivity contribution in [2.75, 3.05) is 0 Å². The average molecular weight is 374 g/mol. The number of aryl methyl sites for hydroxylation is 1. The second-order valence-corrected chi connectivity index (χ2v) is 7.25. The Morgan fingerprint density at radius 3 is 1.81 bits per heavy atom. The van der Waals surface area contributed by atoms with Gasteiger partial charge in [-0.1, -0.05) is 65.9 Å². The van der Waals surface area contributed by atoms with E-state index in [2.05, 4.69) is 0 Å². The minimum atomic E-state index is -0.256. The number of para-hydroxylation sites is 2. The number of rotatable bonds is 4. The highest BCUT2D eigenvalue weighted by atomic mass is 32.2. The highest BCUT2D eigenvalue weighted by Gasteiger charge is 2.22. The van der Waals surface area contributed by atoms with E-state index in [0.29, 0.717) is 16.3 Å². The number of aromatic hydroxyl groups is 1. The van der Waals surface area contributed by atoms with Crippen LogP contribution in [0, 0.1) is 6.92 Å². The van der Waals surface area contributed by atoms with Gasteiger partial charge in [0, 0.05) is 4.90 Å². The molecule has 0 spiro atoms. The van der Waals surface area contributed by atoms with Crippen LogP contribution in [-0.2, 0) is 0 Å². The Kier molecular flexibility index (Phi) is 4.60. The van der Waals surface area contributed by atoms with Crippen molar-refractivity contribution in [3.63, 3.8) is 0 Å². The summed E-state index contributed by atoms with van der Waals surface area (Å²) < 4.78 is 3.05. The van der Waals surface area contributed by atoms with Crippen molar-refractivity contribution in [1.29, 1.82) is 0 Å². The molecule has 134 valence electrons. The third kappa shape index (κ3) is 3.29. The SMILES string of the molecule is Cc1ccc(Sc2c(O)n(-c3ccccc3)n(-c3ccccc3)c2=O)cc1. The topological polar surface area (TPSA) is 47.2 Å². The predicted octanol–water partition coefficient (Wildman–Crippen LogP) is 4.79.